The molecule has 1 rings (SSSR count). The highest BCUT2D eigenvalue weighted by atomic mass is 16.5. The number of benzene rings is 1. The Balaban J connectivity index is 2.20. The fourth-order valence-electron chi connectivity index (χ4n) is 1.75. The van der Waals surface area contributed by atoms with Gasteiger partial charge in [0.15, 0.2) is 0 Å². The Morgan fingerprint density at radius 3 is 2.53 bits per heavy atom. The van der Waals surface area contributed by atoms with Gasteiger partial charge in [-0.2, -0.15) is 10.5 Å². The number of nitriles is 2. The van der Waals surface area contributed by atoms with Crippen molar-refractivity contribution in [2.75, 3.05) is 26.7 Å². The molecule has 0 bridgehead atoms. The molecule has 1 atom stereocenters. The maximum Gasteiger partial charge on any atom is 0.119 e. The molecule has 0 heterocycles. The van der Waals surface area contributed by atoms with E-state index in [9.17, 15) is 0 Å². The molecule has 0 radical (unpaired) electrons. The number of nitrogens with zero attached hydrogens (tertiary/aromatic N) is 3. The predicted octanol–water partition coefficient (Wildman–Crippen LogP) is 2.42. The van der Waals surface area contributed by atoms with E-state index < -0.39 is 0 Å². The third kappa shape index (κ3) is 5.90. The second-order valence-electron chi connectivity index (χ2n) is 4.63. The maximum atomic E-state index is 8.72. The summed E-state index contributed by atoms with van der Waals surface area (Å²) >= 11 is 0. The van der Waals surface area contributed by atoms with Gasteiger partial charge in [-0.3, -0.25) is 0 Å². The summed E-state index contributed by atoms with van der Waals surface area (Å²) in [7, 11) is 2.01. The van der Waals surface area contributed by atoms with Crippen LogP contribution in [0.5, 0.6) is 5.75 Å². The first kappa shape index (κ1) is 15.0. The van der Waals surface area contributed by atoms with Crippen molar-refractivity contribution in [1.29, 1.82) is 10.5 Å². The van der Waals surface area contributed by atoms with Gasteiger partial charge in [-0.05, 0) is 44.7 Å². The Bertz CT molecular complexity index is 456. The summed E-state index contributed by atoms with van der Waals surface area (Å²) in [6.45, 7) is 4.25. The second kappa shape index (κ2) is 8.13. The van der Waals surface area contributed by atoms with Crippen molar-refractivity contribution in [3.63, 3.8) is 0 Å². The third-order valence-electron chi connectivity index (χ3n) is 2.74. The summed E-state index contributed by atoms with van der Waals surface area (Å²) in [5.41, 5.74) is 0.637. The molecule has 0 amide bonds. The SMILES string of the molecule is CC(C#N)CN(C)CCCOc1ccc(C#N)cc1. The first-order valence-electron chi connectivity index (χ1n) is 6.37. The van der Waals surface area contributed by atoms with Crippen LogP contribution in [0.4, 0.5) is 0 Å². The van der Waals surface area contributed by atoms with E-state index in [0.29, 0.717) is 12.2 Å². The summed E-state index contributed by atoms with van der Waals surface area (Å²) in [5.74, 6) is 0.844. The van der Waals surface area contributed by atoms with Crippen LogP contribution in [0, 0.1) is 28.6 Å². The van der Waals surface area contributed by atoms with Gasteiger partial charge in [0.1, 0.15) is 5.75 Å². The minimum atomic E-state index is 0.0597. The zero-order chi connectivity index (χ0) is 14.1. The molecule has 0 aliphatic heterocycles. The number of hydrogen-bond donors (Lipinski definition) is 0. The van der Waals surface area contributed by atoms with Crippen LogP contribution in [0.2, 0.25) is 0 Å². The van der Waals surface area contributed by atoms with Crippen molar-refractivity contribution >= 4 is 0 Å². The smallest absolute Gasteiger partial charge is 0.119 e. The first-order chi connectivity index (χ1) is 9.15. The summed E-state index contributed by atoms with van der Waals surface area (Å²) in [4.78, 5) is 2.13. The van der Waals surface area contributed by atoms with Crippen LogP contribution in [0.25, 0.3) is 0 Å². The Labute approximate surface area is 114 Å². The van der Waals surface area contributed by atoms with Gasteiger partial charge in [0.05, 0.1) is 30.2 Å². The topological polar surface area (TPSA) is 60.1 Å². The minimum absolute atomic E-state index is 0.0597. The van der Waals surface area contributed by atoms with E-state index >= 15 is 0 Å². The summed E-state index contributed by atoms with van der Waals surface area (Å²) in [6, 6.07) is 11.4. The van der Waals surface area contributed by atoms with Gasteiger partial charge in [-0.15, -0.1) is 0 Å². The van der Waals surface area contributed by atoms with E-state index in [1.54, 1.807) is 24.3 Å². The van der Waals surface area contributed by atoms with E-state index in [0.717, 1.165) is 25.3 Å². The Morgan fingerprint density at radius 2 is 1.95 bits per heavy atom. The standard InChI is InChI=1S/C15H19N3O/c1-13(10-16)12-18(2)8-3-9-19-15-6-4-14(11-17)5-7-15/h4-7,13H,3,8-9,12H2,1-2H3. The first-order valence-corrected chi connectivity index (χ1v) is 6.37. The van der Waals surface area contributed by atoms with Crippen LogP contribution in [0.3, 0.4) is 0 Å². The molecule has 4 nitrogen and oxygen atoms in total. The van der Waals surface area contributed by atoms with Gasteiger partial charge in [0, 0.05) is 13.1 Å². The lowest BCUT2D eigenvalue weighted by Crippen LogP contribution is -2.25. The molecule has 1 aromatic rings. The van der Waals surface area contributed by atoms with Gasteiger partial charge in [0.25, 0.3) is 0 Å². The zero-order valence-corrected chi connectivity index (χ0v) is 11.5. The number of hydrogen-bond acceptors (Lipinski definition) is 4. The minimum Gasteiger partial charge on any atom is -0.494 e. The van der Waals surface area contributed by atoms with E-state index in [-0.39, 0.29) is 5.92 Å². The van der Waals surface area contributed by atoms with Crippen molar-refractivity contribution < 1.29 is 4.74 Å². The van der Waals surface area contributed by atoms with Crippen LogP contribution in [0.1, 0.15) is 18.9 Å². The van der Waals surface area contributed by atoms with Gasteiger partial charge in [-0.1, -0.05) is 0 Å². The monoisotopic (exact) mass is 257 g/mol. The van der Waals surface area contributed by atoms with E-state index in [2.05, 4.69) is 17.0 Å². The molecule has 0 saturated heterocycles. The molecule has 0 saturated carbocycles. The average Bonchev–Trinajstić information content (AvgIpc) is 2.44. The summed E-state index contributed by atoms with van der Waals surface area (Å²) in [5, 5.41) is 17.4. The fourth-order valence-corrected chi connectivity index (χ4v) is 1.75. The van der Waals surface area contributed by atoms with Gasteiger partial charge < -0.3 is 9.64 Å². The number of rotatable bonds is 7. The molecular formula is C15H19N3O. The van der Waals surface area contributed by atoms with E-state index in [4.69, 9.17) is 15.3 Å². The quantitative estimate of drug-likeness (QED) is 0.704. The fraction of sp³-hybridized carbons (Fsp3) is 0.467. The highest BCUT2D eigenvalue weighted by molar-refractivity contribution is 5.34. The molecule has 0 aliphatic rings. The van der Waals surface area contributed by atoms with Crippen molar-refractivity contribution in [3.05, 3.63) is 29.8 Å². The molecule has 1 aromatic carbocycles. The highest BCUT2D eigenvalue weighted by Gasteiger charge is 2.04. The van der Waals surface area contributed by atoms with Crippen LogP contribution >= 0.6 is 0 Å². The number of ether oxygens (including phenoxy) is 1. The molecule has 1 unspecified atom stereocenters. The van der Waals surface area contributed by atoms with Crippen molar-refractivity contribution in [2.24, 2.45) is 5.92 Å². The molecule has 19 heavy (non-hydrogen) atoms. The lowest BCUT2D eigenvalue weighted by molar-refractivity contribution is 0.254. The van der Waals surface area contributed by atoms with E-state index in [1.807, 2.05) is 14.0 Å². The van der Waals surface area contributed by atoms with Gasteiger partial charge in [0.2, 0.25) is 0 Å². The predicted molar refractivity (Wildman–Crippen MR) is 73.5 cm³/mol. The molecule has 0 aromatic heterocycles. The van der Waals surface area contributed by atoms with Crippen molar-refractivity contribution in [2.45, 2.75) is 13.3 Å². The molecule has 100 valence electrons. The van der Waals surface area contributed by atoms with E-state index in [1.165, 1.54) is 0 Å². The Morgan fingerprint density at radius 1 is 1.26 bits per heavy atom. The zero-order valence-electron chi connectivity index (χ0n) is 11.5. The highest BCUT2D eigenvalue weighted by Crippen LogP contribution is 2.11. The lowest BCUT2D eigenvalue weighted by Gasteiger charge is -2.17. The Hall–Kier alpha value is -2.04. The van der Waals surface area contributed by atoms with Gasteiger partial charge in [-0.25, -0.2) is 0 Å². The van der Waals surface area contributed by atoms with Crippen LogP contribution < -0.4 is 4.74 Å². The molecule has 0 aliphatic carbocycles. The third-order valence-corrected chi connectivity index (χ3v) is 2.74. The molecule has 0 N–H and O–H groups in total. The van der Waals surface area contributed by atoms with Crippen LogP contribution in [0.15, 0.2) is 24.3 Å². The molecular weight excluding hydrogens is 238 g/mol. The maximum absolute atomic E-state index is 8.72. The van der Waals surface area contributed by atoms with Crippen LogP contribution in [-0.4, -0.2) is 31.6 Å². The summed E-state index contributed by atoms with van der Waals surface area (Å²) < 4.78 is 5.59. The largest absolute Gasteiger partial charge is 0.494 e. The molecule has 0 spiro atoms. The van der Waals surface area contributed by atoms with Crippen molar-refractivity contribution in [3.8, 4) is 17.9 Å². The molecule has 4 heteroatoms. The van der Waals surface area contributed by atoms with Gasteiger partial charge >= 0.3 is 0 Å². The Kier molecular flexibility index (Phi) is 6.43. The van der Waals surface area contributed by atoms with Crippen molar-refractivity contribution in [1.82, 2.24) is 4.90 Å². The second-order valence-corrected chi connectivity index (χ2v) is 4.63. The summed E-state index contributed by atoms with van der Waals surface area (Å²) in [6.07, 6.45) is 0.911. The molecule has 0 fully saturated rings. The van der Waals surface area contributed by atoms with Crippen LogP contribution in [-0.2, 0) is 0 Å². The lowest BCUT2D eigenvalue weighted by atomic mass is 10.2. The normalized spacial score (nSPS) is 11.6. The average molecular weight is 257 g/mol.